The number of benzene rings is 2. The predicted molar refractivity (Wildman–Crippen MR) is 127 cm³/mol. The van der Waals surface area contributed by atoms with E-state index in [-0.39, 0.29) is 24.5 Å². The third-order valence-corrected chi connectivity index (χ3v) is 7.29. The van der Waals surface area contributed by atoms with E-state index in [4.69, 9.17) is 4.74 Å². The molecule has 1 saturated heterocycles. The Hall–Kier alpha value is -3.06. The van der Waals surface area contributed by atoms with Crippen LogP contribution < -0.4 is 0 Å². The molecule has 0 bridgehead atoms. The molecule has 0 saturated carbocycles. The smallest absolute Gasteiger partial charge is 0.410 e. The van der Waals surface area contributed by atoms with Gasteiger partial charge < -0.3 is 14.6 Å². The highest BCUT2D eigenvalue weighted by Crippen LogP contribution is 2.27. The van der Waals surface area contributed by atoms with Crippen LogP contribution in [0.2, 0.25) is 0 Å². The largest absolute Gasteiger partial charge is 0.445 e. The van der Waals surface area contributed by atoms with E-state index in [9.17, 15) is 13.2 Å². The Labute approximate surface area is 188 Å². The van der Waals surface area contributed by atoms with Gasteiger partial charge in [0.2, 0.25) is 0 Å². The first-order chi connectivity index (χ1) is 15.4. The number of carbonyl (C=O) groups excluding carboxylic acids is 1. The Bertz CT molecular complexity index is 1220. The van der Waals surface area contributed by atoms with Gasteiger partial charge in [0.25, 0.3) is 0 Å². The molecular weight excluding hydrogens is 424 g/mol. The van der Waals surface area contributed by atoms with Gasteiger partial charge in [-0.2, -0.15) is 0 Å². The lowest BCUT2D eigenvalue weighted by Crippen LogP contribution is -2.37. The SMILES string of the molecule is CCS(=O)(=O)/C=C/c1ccc2[nH]cc(C[C@H]3CCCN3C(=O)OCc3ccccc3)c2c1. The number of fused-ring (bicyclic) bond motifs is 1. The molecule has 6 nitrogen and oxygen atoms in total. The molecule has 168 valence electrons. The van der Waals surface area contributed by atoms with Gasteiger partial charge in [-0.15, -0.1) is 0 Å². The molecule has 0 radical (unpaired) electrons. The molecule has 0 aliphatic carbocycles. The van der Waals surface area contributed by atoms with Crippen LogP contribution in [0.25, 0.3) is 17.0 Å². The Balaban J connectivity index is 1.47. The number of carbonyl (C=O) groups is 1. The summed E-state index contributed by atoms with van der Waals surface area (Å²) in [5.74, 6) is 0.0824. The third-order valence-electron chi connectivity index (χ3n) is 5.93. The standard InChI is InChI=1S/C25H28N2O4S/c1-2-32(29,30)14-12-19-10-11-24-23(15-19)21(17-26-24)16-22-9-6-13-27(22)25(28)31-18-20-7-4-3-5-8-20/h3-5,7-8,10-12,14-15,17,22,26H,2,6,9,13,16,18H2,1H3/b14-12+/t22-/m1/s1. The summed E-state index contributed by atoms with van der Waals surface area (Å²) in [7, 11) is -3.18. The van der Waals surface area contributed by atoms with Gasteiger partial charge in [0.05, 0.1) is 5.75 Å². The van der Waals surface area contributed by atoms with Crippen LogP contribution in [-0.2, 0) is 27.6 Å². The van der Waals surface area contributed by atoms with E-state index in [1.165, 1.54) is 5.41 Å². The highest BCUT2D eigenvalue weighted by molar-refractivity contribution is 7.94. The Morgan fingerprint density at radius 3 is 2.81 bits per heavy atom. The van der Waals surface area contributed by atoms with Crippen LogP contribution in [0.3, 0.4) is 0 Å². The molecule has 1 atom stereocenters. The maximum Gasteiger partial charge on any atom is 0.410 e. The van der Waals surface area contributed by atoms with Crippen molar-refractivity contribution < 1.29 is 17.9 Å². The minimum Gasteiger partial charge on any atom is -0.445 e. The van der Waals surface area contributed by atoms with E-state index in [0.717, 1.165) is 46.9 Å². The maximum absolute atomic E-state index is 12.7. The number of H-pyrrole nitrogens is 1. The van der Waals surface area contributed by atoms with Crippen molar-refractivity contribution in [1.82, 2.24) is 9.88 Å². The molecule has 2 aromatic carbocycles. The molecule has 1 aliphatic rings. The summed E-state index contributed by atoms with van der Waals surface area (Å²) in [5.41, 5.74) is 3.91. The number of nitrogens with zero attached hydrogens (tertiary/aromatic N) is 1. The van der Waals surface area contributed by atoms with Crippen LogP contribution in [0.15, 0.2) is 60.1 Å². The number of likely N-dealkylation sites (tertiary alicyclic amines) is 1. The number of aromatic nitrogens is 1. The molecule has 1 amide bonds. The van der Waals surface area contributed by atoms with Gasteiger partial charge in [0.1, 0.15) is 6.61 Å². The number of sulfone groups is 1. The lowest BCUT2D eigenvalue weighted by atomic mass is 10.0. The fraction of sp³-hybridized carbons (Fsp3) is 0.320. The summed E-state index contributed by atoms with van der Waals surface area (Å²) < 4.78 is 29.1. The van der Waals surface area contributed by atoms with Gasteiger partial charge >= 0.3 is 6.09 Å². The van der Waals surface area contributed by atoms with Crippen molar-refractivity contribution in [3.05, 3.63) is 76.8 Å². The second kappa shape index (κ2) is 9.61. The van der Waals surface area contributed by atoms with Crippen molar-refractivity contribution in [3.63, 3.8) is 0 Å². The minimum absolute atomic E-state index is 0.0805. The van der Waals surface area contributed by atoms with E-state index >= 15 is 0 Å². The van der Waals surface area contributed by atoms with Crippen LogP contribution in [0, 0.1) is 0 Å². The average molecular weight is 453 g/mol. The van der Waals surface area contributed by atoms with E-state index in [2.05, 4.69) is 4.98 Å². The Morgan fingerprint density at radius 1 is 1.22 bits per heavy atom. The second-order valence-electron chi connectivity index (χ2n) is 8.11. The van der Waals surface area contributed by atoms with Crippen molar-refractivity contribution in [2.24, 2.45) is 0 Å². The van der Waals surface area contributed by atoms with E-state index in [1.54, 1.807) is 13.0 Å². The molecule has 0 spiro atoms. The zero-order valence-electron chi connectivity index (χ0n) is 18.2. The molecular formula is C25H28N2O4S. The quantitative estimate of drug-likeness (QED) is 0.552. The fourth-order valence-electron chi connectivity index (χ4n) is 4.09. The molecule has 7 heteroatoms. The molecule has 1 N–H and O–H groups in total. The fourth-order valence-corrected chi connectivity index (χ4v) is 4.65. The van der Waals surface area contributed by atoms with Crippen LogP contribution in [-0.4, -0.2) is 42.7 Å². The summed E-state index contributed by atoms with van der Waals surface area (Å²) in [6.07, 6.45) is 5.95. The average Bonchev–Trinajstić information content (AvgIpc) is 3.44. The van der Waals surface area contributed by atoms with E-state index in [1.807, 2.05) is 59.6 Å². The van der Waals surface area contributed by atoms with Crippen molar-refractivity contribution in [3.8, 4) is 0 Å². The number of amides is 1. The van der Waals surface area contributed by atoms with Crippen LogP contribution >= 0.6 is 0 Å². The number of hydrogen-bond acceptors (Lipinski definition) is 4. The Morgan fingerprint density at radius 2 is 2.03 bits per heavy atom. The van der Waals surface area contributed by atoms with Gasteiger partial charge in [0.15, 0.2) is 9.84 Å². The number of ether oxygens (including phenoxy) is 1. The lowest BCUT2D eigenvalue weighted by molar-refractivity contribution is 0.0921. The summed E-state index contributed by atoms with van der Waals surface area (Å²) >= 11 is 0. The molecule has 2 heterocycles. The first kappa shape index (κ1) is 22.1. The van der Waals surface area contributed by atoms with E-state index < -0.39 is 9.84 Å². The number of rotatable bonds is 7. The summed E-state index contributed by atoms with van der Waals surface area (Å²) in [6.45, 7) is 2.60. The molecule has 1 aromatic heterocycles. The number of hydrogen-bond donors (Lipinski definition) is 1. The first-order valence-corrected chi connectivity index (χ1v) is 12.6. The minimum atomic E-state index is -3.18. The zero-order chi connectivity index (χ0) is 22.6. The van der Waals surface area contributed by atoms with E-state index in [0.29, 0.717) is 6.54 Å². The van der Waals surface area contributed by atoms with Crippen molar-refractivity contribution in [2.75, 3.05) is 12.3 Å². The maximum atomic E-state index is 12.7. The van der Waals surface area contributed by atoms with Crippen molar-refractivity contribution in [1.29, 1.82) is 0 Å². The molecule has 0 unspecified atom stereocenters. The molecule has 4 rings (SSSR count). The highest BCUT2D eigenvalue weighted by Gasteiger charge is 2.30. The predicted octanol–water partition coefficient (Wildman–Crippen LogP) is 4.92. The molecule has 1 aliphatic heterocycles. The normalized spacial score (nSPS) is 16.8. The number of nitrogens with one attached hydrogen (secondary N) is 1. The Kier molecular flexibility index (Phi) is 6.65. The topological polar surface area (TPSA) is 79.5 Å². The molecule has 3 aromatic rings. The molecule has 32 heavy (non-hydrogen) atoms. The zero-order valence-corrected chi connectivity index (χ0v) is 19.0. The summed E-state index contributed by atoms with van der Waals surface area (Å²) in [6, 6.07) is 15.6. The van der Waals surface area contributed by atoms with Crippen LogP contribution in [0.4, 0.5) is 4.79 Å². The second-order valence-corrected chi connectivity index (χ2v) is 10.3. The highest BCUT2D eigenvalue weighted by atomic mass is 32.2. The van der Waals surface area contributed by atoms with Gasteiger partial charge in [-0.1, -0.05) is 43.3 Å². The third kappa shape index (κ3) is 5.22. The van der Waals surface area contributed by atoms with Crippen molar-refractivity contribution >= 4 is 32.9 Å². The number of aromatic amines is 1. The molecule has 1 fully saturated rings. The van der Waals surface area contributed by atoms with Gasteiger partial charge in [-0.25, -0.2) is 13.2 Å². The monoisotopic (exact) mass is 452 g/mol. The summed E-state index contributed by atoms with van der Waals surface area (Å²) in [5, 5.41) is 2.31. The van der Waals surface area contributed by atoms with Crippen molar-refractivity contribution in [2.45, 2.75) is 38.8 Å². The van der Waals surface area contributed by atoms with Gasteiger partial charge in [-0.05, 0) is 54.2 Å². The van der Waals surface area contributed by atoms with Gasteiger partial charge in [0, 0.05) is 35.1 Å². The summed E-state index contributed by atoms with van der Waals surface area (Å²) in [4.78, 5) is 17.8. The lowest BCUT2D eigenvalue weighted by Gasteiger charge is -2.24. The first-order valence-electron chi connectivity index (χ1n) is 10.9. The van der Waals surface area contributed by atoms with Crippen LogP contribution in [0.5, 0.6) is 0 Å². The van der Waals surface area contributed by atoms with Gasteiger partial charge in [-0.3, -0.25) is 0 Å². The van der Waals surface area contributed by atoms with Crippen LogP contribution in [0.1, 0.15) is 36.5 Å².